The van der Waals surface area contributed by atoms with Crippen LogP contribution in [0.3, 0.4) is 0 Å². The Morgan fingerprint density at radius 2 is 1.55 bits per heavy atom. The van der Waals surface area contributed by atoms with E-state index in [-0.39, 0.29) is 0 Å². The highest BCUT2D eigenvalue weighted by molar-refractivity contribution is 8.45. The Hall–Kier alpha value is 1.75. The van der Waals surface area contributed by atoms with Gasteiger partial charge in [-0.15, -0.1) is 58.8 Å². The van der Waals surface area contributed by atoms with Gasteiger partial charge in [0.25, 0.3) is 0 Å². The van der Waals surface area contributed by atoms with E-state index in [1.165, 1.54) is 11.5 Å². The molecule has 4 aliphatic rings. The Morgan fingerprint density at radius 1 is 1.00 bits per heavy atom. The molecule has 4 aliphatic heterocycles. The van der Waals surface area contributed by atoms with Gasteiger partial charge >= 0.3 is 0 Å². The number of hydrogen-bond donors (Lipinski definition) is 0. The summed E-state index contributed by atoms with van der Waals surface area (Å²) in [5.41, 5.74) is 0. The van der Waals surface area contributed by atoms with Gasteiger partial charge in [-0.25, -0.2) is 0 Å². The number of hydrogen-bond acceptors (Lipinski definition) is 5. The molecule has 0 aromatic carbocycles. The minimum atomic E-state index is 0.730. The van der Waals surface area contributed by atoms with Gasteiger partial charge in [-0.2, -0.15) is 0 Å². The van der Waals surface area contributed by atoms with Gasteiger partial charge in [-0.05, 0) is 0 Å². The molecule has 0 amide bonds. The molecule has 4 fully saturated rings. The van der Waals surface area contributed by atoms with Crippen LogP contribution in [0, 0.1) is 0 Å². The molecule has 0 bridgehead atoms. The van der Waals surface area contributed by atoms with Crippen molar-refractivity contribution < 1.29 is 0 Å². The third kappa shape index (κ3) is 0.784. The molecule has 0 radical (unpaired) electrons. The fraction of sp³-hybridized carbons (Fsp3) is 1.00. The maximum atomic E-state index is 2.31. The second-order valence-electron chi connectivity index (χ2n) is 3.25. The summed E-state index contributed by atoms with van der Waals surface area (Å²) in [5, 5.41) is 0. The molecule has 0 saturated carbocycles. The molecular formula is C6H6S5. The van der Waals surface area contributed by atoms with E-state index in [4.69, 9.17) is 0 Å². The molecule has 4 rings (SSSR count). The summed E-state index contributed by atoms with van der Waals surface area (Å²) >= 11 is 11.0. The minimum absolute atomic E-state index is 0.730. The summed E-state index contributed by atoms with van der Waals surface area (Å²) < 4.78 is 3.45. The average Bonchev–Trinajstić information content (AvgIpc) is 2.64. The van der Waals surface area contributed by atoms with Gasteiger partial charge in [0.05, 0.1) is 17.3 Å². The van der Waals surface area contributed by atoms with E-state index in [0.717, 1.165) is 17.3 Å². The van der Waals surface area contributed by atoms with Crippen molar-refractivity contribution in [3.8, 4) is 0 Å². The van der Waals surface area contributed by atoms with Crippen LogP contribution in [-0.2, 0) is 0 Å². The van der Waals surface area contributed by atoms with Gasteiger partial charge in [0, 0.05) is 11.5 Å². The van der Waals surface area contributed by atoms with Crippen LogP contribution in [0.1, 0.15) is 0 Å². The second-order valence-corrected chi connectivity index (χ2v) is 11.1. The van der Waals surface area contributed by atoms with E-state index in [9.17, 15) is 0 Å². The Kier molecular flexibility index (Phi) is 1.22. The molecule has 0 N–H and O–H groups in total. The third-order valence-electron chi connectivity index (χ3n) is 2.43. The van der Waals surface area contributed by atoms with E-state index in [1.54, 1.807) is 0 Å². The SMILES string of the molecule is C1SC2SC12SC12CSC1S2. The normalized spacial score (nSPS) is 68.7. The minimum Gasteiger partial charge on any atom is -0.143 e. The lowest BCUT2D eigenvalue weighted by molar-refractivity contribution is 1.01. The van der Waals surface area contributed by atoms with Gasteiger partial charge in [-0.3, -0.25) is 0 Å². The lowest BCUT2D eigenvalue weighted by atomic mass is 10.5. The molecule has 0 aromatic rings. The number of rotatable bonds is 2. The van der Waals surface area contributed by atoms with Crippen LogP contribution in [-0.4, -0.2) is 28.8 Å². The van der Waals surface area contributed by atoms with Crippen molar-refractivity contribution in [2.75, 3.05) is 11.5 Å². The third-order valence-corrected chi connectivity index (χ3v) is 12.9. The zero-order chi connectivity index (χ0) is 7.10. The first-order chi connectivity index (χ1) is 5.33. The molecule has 4 heterocycles. The lowest BCUT2D eigenvalue weighted by Crippen LogP contribution is -2.31. The van der Waals surface area contributed by atoms with Gasteiger partial charge in [0.1, 0.15) is 0 Å². The molecule has 0 nitrogen and oxygen atoms in total. The maximum absolute atomic E-state index is 2.31. The highest BCUT2D eigenvalue weighted by Crippen LogP contribution is 2.85. The molecular weight excluding hydrogens is 232 g/mol. The van der Waals surface area contributed by atoms with Crippen LogP contribution in [0.2, 0.25) is 0 Å². The van der Waals surface area contributed by atoms with E-state index in [1.807, 2.05) is 0 Å². The van der Waals surface area contributed by atoms with Crippen LogP contribution in [0.25, 0.3) is 0 Å². The Bertz CT molecular complexity index is 211. The predicted molar refractivity (Wildman–Crippen MR) is 60.7 cm³/mol. The summed E-state index contributed by atoms with van der Waals surface area (Å²) in [5.74, 6) is 2.85. The molecule has 4 saturated heterocycles. The van der Waals surface area contributed by atoms with Crippen LogP contribution in [0.4, 0.5) is 0 Å². The number of thioether (sulfide) groups is 5. The highest BCUT2D eigenvalue weighted by atomic mass is 32.3. The predicted octanol–water partition coefficient (Wildman–Crippen LogP) is 2.75. The highest BCUT2D eigenvalue weighted by Gasteiger charge is 2.74. The van der Waals surface area contributed by atoms with Gasteiger partial charge < -0.3 is 0 Å². The fourth-order valence-electron chi connectivity index (χ4n) is 1.50. The van der Waals surface area contributed by atoms with Crippen LogP contribution >= 0.6 is 58.8 Å². The molecule has 0 aromatic heterocycles. The second kappa shape index (κ2) is 1.90. The Morgan fingerprint density at radius 3 is 1.73 bits per heavy atom. The Labute approximate surface area is 87.2 Å². The van der Waals surface area contributed by atoms with E-state index < -0.39 is 0 Å². The number of fused-ring (bicyclic) bond motifs is 2. The van der Waals surface area contributed by atoms with Gasteiger partial charge in [-0.1, -0.05) is 0 Å². The average molecular weight is 238 g/mol. The summed E-state index contributed by atoms with van der Waals surface area (Å²) in [7, 11) is 0. The van der Waals surface area contributed by atoms with Crippen molar-refractivity contribution in [3.05, 3.63) is 0 Å². The Balaban J connectivity index is 1.54. The summed E-state index contributed by atoms with van der Waals surface area (Å²) in [6, 6.07) is 0. The quantitative estimate of drug-likeness (QED) is 0.676. The van der Waals surface area contributed by atoms with Crippen LogP contribution in [0.5, 0.6) is 0 Å². The van der Waals surface area contributed by atoms with Crippen molar-refractivity contribution in [1.82, 2.24) is 0 Å². The van der Waals surface area contributed by atoms with Crippen molar-refractivity contribution in [3.63, 3.8) is 0 Å². The standard InChI is InChI=1S/C6H6S5/c1-5(3(7-1)9-5)11-6-2-8-4(6)10-6/h3-4H,1-2H2. The first-order valence-corrected chi connectivity index (χ1v) is 8.29. The van der Waals surface area contributed by atoms with E-state index in [2.05, 4.69) is 58.8 Å². The molecule has 5 heteroatoms. The molecule has 0 spiro atoms. The van der Waals surface area contributed by atoms with Crippen molar-refractivity contribution >= 4 is 58.8 Å². The molecule has 11 heavy (non-hydrogen) atoms. The van der Waals surface area contributed by atoms with Crippen molar-refractivity contribution in [2.24, 2.45) is 0 Å². The van der Waals surface area contributed by atoms with Crippen molar-refractivity contribution in [2.45, 2.75) is 17.3 Å². The molecule has 4 unspecified atom stereocenters. The zero-order valence-corrected chi connectivity index (χ0v) is 9.69. The fourth-order valence-corrected chi connectivity index (χ4v) is 12.0. The zero-order valence-electron chi connectivity index (χ0n) is 5.61. The topological polar surface area (TPSA) is 0 Å². The monoisotopic (exact) mass is 238 g/mol. The van der Waals surface area contributed by atoms with Crippen LogP contribution < -0.4 is 0 Å². The molecule has 0 aliphatic carbocycles. The first kappa shape index (κ1) is 7.10. The summed E-state index contributed by atoms with van der Waals surface area (Å²) in [4.78, 5) is 0. The summed E-state index contributed by atoms with van der Waals surface area (Å²) in [6.07, 6.45) is 0. The molecule has 60 valence electrons. The largest absolute Gasteiger partial charge is 0.143 e. The van der Waals surface area contributed by atoms with E-state index in [0.29, 0.717) is 0 Å². The van der Waals surface area contributed by atoms with Gasteiger partial charge in [0.2, 0.25) is 0 Å². The summed E-state index contributed by atoms with van der Waals surface area (Å²) in [6.45, 7) is 0. The smallest absolute Gasteiger partial charge is 0.0937 e. The molecule has 4 atom stereocenters. The van der Waals surface area contributed by atoms with Crippen molar-refractivity contribution in [1.29, 1.82) is 0 Å². The van der Waals surface area contributed by atoms with E-state index >= 15 is 0 Å². The lowest BCUT2D eigenvalue weighted by Gasteiger charge is -2.29. The van der Waals surface area contributed by atoms with Gasteiger partial charge in [0.15, 0.2) is 0 Å². The van der Waals surface area contributed by atoms with Crippen LogP contribution in [0.15, 0.2) is 0 Å². The first-order valence-electron chi connectivity index (χ1n) is 3.62. The maximum Gasteiger partial charge on any atom is 0.0937 e.